The van der Waals surface area contributed by atoms with Crippen molar-refractivity contribution >= 4 is 33.6 Å². The summed E-state index contributed by atoms with van der Waals surface area (Å²) in [5.74, 6) is 0.261. The van der Waals surface area contributed by atoms with Gasteiger partial charge in [-0.15, -0.1) is 0 Å². The molecule has 12 rings (SSSR count). The second-order valence-electron chi connectivity index (χ2n) is 26.3. The molecule has 88 heavy (non-hydrogen) atoms. The fourth-order valence-electron chi connectivity index (χ4n) is 15.4. The first-order chi connectivity index (χ1) is 42.6. The minimum absolute atomic E-state index is 0.0197. The van der Waals surface area contributed by atoms with E-state index in [2.05, 4.69) is 37.2 Å². The number of likely N-dealkylation sites (tertiary alicyclic amines) is 4. The zero-order valence-electron chi connectivity index (χ0n) is 51.7. The van der Waals surface area contributed by atoms with Gasteiger partial charge in [0.25, 0.3) is 11.8 Å². The number of amides is 2. The third-order valence-corrected chi connectivity index (χ3v) is 20.5. The molecular weight excluding hydrogens is 1120 g/mol. The van der Waals surface area contributed by atoms with Gasteiger partial charge in [-0.05, 0) is 185 Å². The summed E-state index contributed by atoms with van der Waals surface area (Å²) in [5, 5.41) is 7.29. The molecule has 2 atom stereocenters. The van der Waals surface area contributed by atoms with Gasteiger partial charge in [-0.3, -0.25) is 19.4 Å². The molecule has 6 heterocycles. The number of nitrogens with one attached hydrogen (secondary N) is 2. The molecule has 0 bridgehead atoms. The Morgan fingerprint density at radius 2 is 0.841 bits per heavy atom. The van der Waals surface area contributed by atoms with Crippen molar-refractivity contribution < 1.29 is 35.9 Å². The maximum Gasteiger partial charge on any atom is 0.416 e. The number of halogens is 6. The van der Waals surface area contributed by atoms with Crippen LogP contribution < -0.4 is 10.6 Å². The standard InChI is InChI=1S/2C36H45F3N4O/c1-25(26-11-5-2-6-12-26)40-35(44)33-30-23-28(36(37,38)39)15-16-32(30)41-34(27-13-7-3-8-14-27)31(33)24-42-21-17-29(18-22-42)43-19-9-4-10-20-43;1-25(26-11-5-2-6-12-26)40-35(44)33-30-16-15-28(36(37,38)39)23-32(30)41-34(27-13-7-3-8-14-27)31(33)24-42-21-17-29(18-22-42)43-19-9-4-10-20-43/h2*3,7-8,13-16,23,25-26,29H,2,4-6,9-12,17-22,24H2,1H3,(H,40,44)/t2*25-/m00/s1. The normalized spacial score (nSPS) is 20.5. The lowest BCUT2D eigenvalue weighted by Crippen LogP contribution is -2.46. The first-order valence-electron chi connectivity index (χ1n) is 33.3. The number of alkyl halides is 6. The molecule has 6 fully saturated rings. The minimum atomic E-state index is -4.52. The second kappa shape index (κ2) is 28.9. The molecule has 6 aromatic rings. The van der Waals surface area contributed by atoms with Crippen LogP contribution in [0.2, 0.25) is 0 Å². The summed E-state index contributed by atoms with van der Waals surface area (Å²) in [5.41, 5.74) is 4.32. The van der Waals surface area contributed by atoms with Crippen LogP contribution in [0.3, 0.4) is 0 Å². The molecule has 6 aliphatic rings. The van der Waals surface area contributed by atoms with Crippen LogP contribution in [0.15, 0.2) is 97.1 Å². The van der Waals surface area contributed by atoms with Gasteiger partial charge < -0.3 is 20.4 Å². The third kappa shape index (κ3) is 15.4. The summed E-state index contributed by atoms with van der Waals surface area (Å²) in [6, 6.07) is 27.7. The Labute approximate surface area is 516 Å². The predicted octanol–water partition coefficient (Wildman–Crippen LogP) is 16.1. The lowest BCUT2D eigenvalue weighted by Gasteiger charge is -2.40. The largest absolute Gasteiger partial charge is 0.416 e. The SMILES string of the molecule is C[C@H](NC(=O)c1c(CN2CCC(N3CCCCC3)CC2)c(-c2ccccc2)nc2cc(C(F)(F)F)ccc12)C1CCCCC1.C[C@H](NC(=O)c1c(CN2CCC(N3CCCCC3)CC2)c(-c2ccccc2)nc2ccc(C(F)(F)F)cc12)C1CCCCC1. The highest BCUT2D eigenvalue weighted by Gasteiger charge is 2.36. The summed E-state index contributed by atoms with van der Waals surface area (Å²) >= 11 is 0. The Hall–Kier alpha value is -5.94. The molecule has 2 aromatic heterocycles. The van der Waals surface area contributed by atoms with Crippen molar-refractivity contribution in [3.05, 3.63) is 130 Å². The highest BCUT2D eigenvalue weighted by molar-refractivity contribution is 6.10. The maximum atomic E-state index is 14.3. The van der Waals surface area contributed by atoms with E-state index in [0.717, 1.165) is 131 Å². The van der Waals surface area contributed by atoms with Crippen LogP contribution >= 0.6 is 0 Å². The summed E-state index contributed by atoms with van der Waals surface area (Å²) in [4.78, 5) is 48.5. The molecule has 4 aliphatic heterocycles. The number of nitrogens with zero attached hydrogens (tertiary/aromatic N) is 6. The van der Waals surface area contributed by atoms with Crippen LogP contribution in [0.25, 0.3) is 44.3 Å². The molecule has 472 valence electrons. The molecule has 0 spiro atoms. The Balaban J connectivity index is 0.000000182. The lowest BCUT2D eigenvalue weighted by atomic mass is 9.84. The van der Waals surface area contributed by atoms with Crippen molar-refractivity contribution in [3.63, 3.8) is 0 Å². The third-order valence-electron chi connectivity index (χ3n) is 20.5. The fourth-order valence-corrected chi connectivity index (χ4v) is 15.4. The number of fused-ring (bicyclic) bond motifs is 2. The first kappa shape index (κ1) is 63.6. The van der Waals surface area contributed by atoms with E-state index in [1.165, 1.54) is 103 Å². The molecule has 0 unspecified atom stereocenters. The van der Waals surface area contributed by atoms with Gasteiger partial charge in [0.05, 0.1) is 44.7 Å². The van der Waals surface area contributed by atoms with Crippen LogP contribution in [-0.4, -0.2) is 118 Å². The Morgan fingerprint density at radius 1 is 0.455 bits per heavy atom. The number of pyridine rings is 2. The van der Waals surface area contributed by atoms with E-state index in [9.17, 15) is 35.9 Å². The summed E-state index contributed by atoms with van der Waals surface area (Å²) in [7, 11) is 0. The second-order valence-corrected chi connectivity index (χ2v) is 26.3. The average molecular weight is 1210 g/mol. The molecule has 2 saturated carbocycles. The van der Waals surface area contributed by atoms with Gasteiger partial charge in [-0.25, -0.2) is 9.97 Å². The van der Waals surface area contributed by atoms with Crippen molar-refractivity contribution in [2.24, 2.45) is 11.8 Å². The quantitative estimate of drug-likeness (QED) is 0.104. The predicted molar refractivity (Wildman–Crippen MR) is 339 cm³/mol. The van der Waals surface area contributed by atoms with Gasteiger partial charge in [0.2, 0.25) is 0 Å². The summed E-state index contributed by atoms with van der Waals surface area (Å²) in [6.45, 7) is 13.4. The molecule has 4 aromatic carbocycles. The van der Waals surface area contributed by atoms with Crippen LogP contribution in [0.1, 0.15) is 185 Å². The van der Waals surface area contributed by atoms with E-state index in [4.69, 9.17) is 9.97 Å². The van der Waals surface area contributed by atoms with Gasteiger partial charge in [0.15, 0.2) is 0 Å². The Bertz CT molecular complexity index is 3280. The molecule has 4 saturated heterocycles. The monoisotopic (exact) mass is 1210 g/mol. The molecule has 16 heteroatoms. The number of rotatable bonds is 14. The topological polar surface area (TPSA) is 96.9 Å². The van der Waals surface area contributed by atoms with Crippen LogP contribution in [0, 0.1) is 11.8 Å². The van der Waals surface area contributed by atoms with Crippen molar-refractivity contribution in [2.45, 2.75) is 192 Å². The van der Waals surface area contributed by atoms with E-state index < -0.39 is 23.5 Å². The summed E-state index contributed by atoms with van der Waals surface area (Å²) < 4.78 is 83.4. The molecule has 2 amide bonds. The van der Waals surface area contributed by atoms with Gasteiger partial charge in [0.1, 0.15) is 0 Å². The molecule has 2 N–H and O–H groups in total. The molecule has 10 nitrogen and oxygen atoms in total. The number of carbonyl (C=O) groups is 2. The van der Waals surface area contributed by atoms with Crippen molar-refractivity contribution in [1.29, 1.82) is 0 Å². The zero-order valence-corrected chi connectivity index (χ0v) is 51.7. The molecular formula is C72H90F6N8O2. The maximum absolute atomic E-state index is 14.3. The Kier molecular flexibility index (Phi) is 20.9. The van der Waals surface area contributed by atoms with E-state index >= 15 is 0 Å². The van der Waals surface area contributed by atoms with Crippen LogP contribution in [0.4, 0.5) is 26.3 Å². The summed E-state index contributed by atoms with van der Waals surface area (Å²) in [6.07, 6.45) is 14.3. The number of aromatic nitrogens is 2. The van der Waals surface area contributed by atoms with E-state index in [-0.39, 0.29) is 34.8 Å². The average Bonchev–Trinajstić information content (AvgIpc) is 1.58. The van der Waals surface area contributed by atoms with Crippen LogP contribution in [-0.2, 0) is 25.4 Å². The van der Waals surface area contributed by atoms with E-state index in [0.29, 0.717) is 76.0 Å². The smallest absolute Gasteiger partial charge is 0.349 e. The van der Waals surface area contributed by atoms with Crippen molar-refractivity contribution in [1.82, 2.24) is 40.2 Å². The lowest BCUT2D eigenvalue weighted by molar-refractivity contribution is -0.138. The van der Waals surface area contributed by atoms with Crippen LogP contribution in [0.5, 0.6) is 0 Å². The van der Waals surface area contributed by atoms with E-state index in [1.807, 2.05) is 67.6 Å². The number of piperidine rings is 4. The zero-order chi connectivity index (χ0) is 61.4. The fraction of sp³-hybridized carbons (Fsp3) is 0.556. The highest BCUT2D eigenvalue weighted by atomic mass is 19.4. The van der Waals surface area contributed by atoms with Gasteiger partial charge in [0, 0.05) is 70.3 Å². The minimum Gasteiger partial charge on any atom is -0.349 e. The number of hydrogen-bond acceptors (Lipinski definition) is 8. The first-order valence-corrected chi connectivity index (χ1v) is 33.3. The van der Waals surface area contributed by atoms with Crippen molar-refractivity contribution in [2.75, 3.05) is 52.4 Å². The van der Waals surface area contributed by atoms with Gasteiger partial charge >= 0.3 is 12.4 Å². The number of hydrogen-bond donors (Lipinski definition) is 2. The molecule has 0 radical (unpaired) electrons. The van der Waals surface area contributed by atoms with Gasteiger partial charge in [-0.2, -0.15) is 26.3 Å². The van der Waals surface area contributed by atoms with E-state index in [1.54, 1.807) is 0 Å². The van der Waals surface area contributed by atoms with Crippen molar-refractivity contribution in [3.8, 4) is 22.5 Å². The highest BCUT2D eigenvalue weighted by Crippen LogP contribution is 2.40. The molecule has 2 aliphatic carbocycles. The van der Waals surface area contributed by atoms with Gasteiger partial charge in [-0.1, -0.05) is 118 Å². The number of carbonyl (C=O) groups excluding carboxylic acids is 2. The Morgan fingerprint density at radius 3 is 1.27 bits per heavy atom. The number of benzene rings is 4.